The molecule has 1 saturated carbocycles. The smallest absolute Gasteiger partial charge is 0.315 e. The molecule has 0 amide bonds. The highest BCUT2D eigenvalue weighted by atomic mass is 16.4. The zero-order chi connectivity index (χ0) is 13.6. The quantitative estimate of drug-likeness (QED) is 0.872. The number of carbonyl (C=O) groups excluding carboxylic acids is 1. The van der Waals surface area contributed by atoms with Crippen LogP contribution in [0.25, 0.3) is 0 Å². The van der Waals surface area contributed by atoms with Gasteiger partial charge in [0.25, 0.3) is 0 Å². The summed E-state index contributed by atoms with van der Waals surface area (Å²) in [4.78, 5) is 22.5. The van der Waals surface area contributed by atoms with E-state index in [2.05, 4.69) is 20.8 Å². The third-order valence-electron chi connectivity index (χ3n) is 3.71. The van der Waals surface area contributed by atoms with Gasteiger partial charge in [0, 0.05) is 12.8 Å². The van der Waals surface area contributed by atoms with Crippen molar-refractivity contribution in [2.75, 3.05) is 0 Å². The molecule has 0 unspecified atom stereocenters. The second kappa shape index (κ2) is 3.94. The molecule has 0 aromatic heterocycles. The number of carbonyl (C=O) groups is 2. The van der Waals surface area contributed by atoms with Crippen molar-refractivity contribution in [1.82, 2.24) is 0 Å². The maximum Gasteiger partial charge on any atom is 0.315 e. The zero-order valence-corrected chi connectivity index (χ0v) is 11.0. The molecular weight excluding hydrogens is 228 g/mol. The lowest BCUT2D eigenvalue weighted by atomic mass is 9.63. The molecule has 1 fully saturated rings. The maximum absolute atomic E-state index is 11.4. The fraction of sp³-hybridized carbons (Fsp3) is 0.467. The molecule has 0 bridgehead atoms. The Labute approximate surface area is 107 Å². The molecule has 1 N–H and O–H groups in total. The number of ketones is 1. The Kier molecular flexibility index (Phi) is 2.80. The van der Waals surface area contributed by atoms with Gasteiger partial charge in [-0.25, -0.2) is 0 Å². The van der Waals surface area contributed by atoms with Crippen LogP contribution in [0.1, 0.15) is 44.7 Å². The zero-order valence-electron chi connectivity index (χ0n) is 11.0. The number of carboxylic acid groups (broad SMARTS) is 1. The first kappa shape index (κ1) is 12.8. The first-order chi connectivity index (χ1) is 8.25. The number of benzene rings is 1. The summed E-state index contributed by atoms with van der Waals surface area (Å²) in [5.74, 6) is -0.872. The van der Waals surface area contributed by atoms with Crippen LogP contribution in [0.2, 0.25) is 0 Å². The first-order valence-corrected chi connectivity index (χ1v) is 6.12. The van der Waals surface area contributed by atoms with E-state index < -0.39 is 11.4 Å². The average Bonchev–Trinajstić information content (AvgIpc) is 2.23. The van der Waals surface area contributed by atoms with Gasteiger partial charge in [-0.05, 0) is 16.5 Å². The molecule has 1 aliphatic rings. The van der Waals surface area contributed by atoms with Crippen LogP contribution in [0.15, 0.2) is 24.3 Å². The predicted octanol–water partition coefficient (Wildman–Crippen LogP) is 2.67. The van der Waals surface area contributed by atoms with Gasteiger partial charge in [-0.3, -0.25) is 9.59 Å². The van der Waals surface area contributed by atoms with E-state index in [9.17, 15) is 14.7 Å². The van der Waals surface area contributed by atoms with Crippen molar-refractivity contribution in [3.63, 3.8) is 0 Å². The Morgan fingerprint density at radius 3 is 2.00 bits per heavy atom. The molecule has 0 aliphatic heterocycles. The number of hydrogen-bond acceptors (Lipinski definition) is 2. The molecule has 0 radical (unpaired) electrons. The lowest BCUT2D eigenvalue weighted by Gasteiger charge is -2.37. The Morgan fingerprint density at radius 2 is 1.67 bits per heavy atom. The molecule has 1 aromatic carbocycles. The van der Waals surface area contributed by atoms with E-state index in [1.165, 1.54) is 0 Å². The highest BCUT2D eigenvalue weighted by Gasteiger charge is 2.51. The first-order valence-electron chi connectivity index (χ1n) is 6.12. The number of Topliss-reactive ketones (excluding diaryl/α,β-unsaturated/α-hetero) is 1. The predicted molar refractivity (Wildman–Crippen MR) is 68.7 cm³/mol. The van der Waals surface area contributed by atoms with Gasteiger partial charge >= 0.3 is 5.97 Å². The molecule has 3 heteroatoms. The van der Waals surface area contributed by atoms with E-state index in [1.54, 1.807) is 0 Å². The summed E-state index contributed by atoms with van der Waals surface area (Å²) in [7, 11) is 0. The van der Waals surface area contributed by atoms with Crippen molar-refractivity contribution in [2.45, 2.75) is 44.4 Å². The van der Waals surface area contributed by atoms with Gasteiger partial charge in [-0.15, -0.1) is 0 Å². The summed E-state index contributed by atoms with van der Waals surface area (Å²) in [6.45, 7) is 6.34. The van der Waals surface area contributed by atoms with E-state index in [0.717, 1.165) is 11.1 Å². The van der Waals surface area contributed by atoms with Crippen LogP contribution in [0.3, 0.4) is 0 Å². The molecule has 3 nitrogen and oxygen atoms in total. The topological polar surface area (TPSA) is 54.4 Å². The van der Waals surface area contributed by atoms with E-state index in [1.807, 2.05) is 24.3 Å². The summed E-state index contributed by atoms with van der Waals surface area (Å²) in [5.41, 5.74) is 0.970. The van der Waals surface area contributed by atoms with Crippen LogP contribution in [-0.2, 0) is 20.4 Å². The van der Waals surface area contributed by atoms with Crippen LogP contribution in [0.4, 0.5) is 0 Å². The third kappa shape index (κ3) is 1.94. The average molecular weight is 246 g/mol. The van der Waals surface area contributed by atoms with Crippen molar-refractivity contribution in [3.8, 4) is 0 Å². The minimum Gasteiger partial charge on any atom is -0.481 e. The normalized spacial score (nSPS) is 18.3. The molecule has 96 valence electrons. The molecule has 1 aliphatic carbocycles. The minimum absolute atomic E-state index is 0.0253. The van der Waals surface area contributed by atoms with Gasteiger partial charge in [-0.2, -0.15) is 0 Å². The van der Waals surface area contributed by atoms with E-state index in [0.29, 0.717) is 0 Å². The van der Waals surface area contributed by atoms with Gasteiger partial charge < -0.3 is 5.11 Å². The summed E-state index contributed by atoms with van der Waals surface area (Å²) < 4.78 is 0. The van der Waals surface area contributed by atoms with Gasteiger partial charge in [0.1, 0.15) is 11.2 Å². The Morgan fingerprint density at radius 1 is 1.17 bits per heavy atom. The van der Waals surface area contributed by atoms with Crippen LogP contribution >= 0.6 is 0 Å². The lowest BCUT2D eigenvalue weighted by molar-refractivity contribution is -0.153. The summed E-state index contributed by atoms with van der Waals surface area (Å²) in [6, 6.07) is 7.62. The van der Waals surface area contributed by atoms with Crippen LogP contribution < -0.4 is 0 Å². The molecule has 1 aromatic rings. The van der Waals surface area contributed by atoms with E-state index in [4.69, 9.17) is 0 Å². The monoisotopic (exact) mass is 246 g/mol. The Balaban J connectivity index is 2.34. The molecule has 0 heterocycles. The second-order valence-electron chi connectivity index (χ2n) is 6.11. The summed E-state index contributed by atoms with van der Waals surface area (Å²) in [5, 5.41) is 9.33. The maximum atomic E-state index is 11.4. The summed E-state index contributed by atoms with van der Waals surface area (Å²) >= 11 is 0. The number of rotatable bonds is 2. The molecule has 2 rings (SSSR count). The number of aliphatic carboxylic acids is 1. The SMILES string of the molecule is CC(C)(C)c1ccc(C2(C(=O)O)CC(=O)C2)cc1. The highest BCUT2D eigenvalue weighted by molar-refractivity contribution is 6.01. The molecule has 0 saturated heterocycles. The molecule has 0 spiro atoms. The van der Waals surface area contributed by atoms with Crippen molar-refractivity contribution in [3.05, 3.63) is 35.4 Å². The van der Waals surface area contributed by atoms with Crippen molar-refractivity contribution in [2.24, 2.45) is 0 Å². The number of carboxylic acids is 1. The van der Waals surface area contributed by atoms with Crippen molar-refractivity contribution >= 4 is 11.8 Å². The van der Waals surface area contributed by atoms with Crippen molar-refractivity contribution < 1.29 is 14.7 Å². The van der Waals surface area contributed by atoms with E-state index >= 15 is 0 Å². The largest absolute Gasteiger partial charge is 0.481 e. The molecule has 0 atom stereocenters. The fourth-order valence-electron chi connectivity index (χ4n) is 2.39. The Hall–Kier alpha value is -1.64. The second-order valence-corrected chi connectivity index (χ2v) is 6.11. The van der Waals surface area contributed by atoms with Crippen LogP contribution in [-0.4, -0.2) is 16.9 Å². The standard InChI is InChI=1S/C15H18O3/c1-14(2,3)10-4-6-11(7-5-10)15(13(17)18)8-12(16)9-15/h4-7H,8-9H2,1-3H3,(H,17,18). The van der Waals surface area contributed by atoms with Crippen molar-refractivity contribution in [1.29, 1.82) is 0 Å². The van der Waals surface area contributed by atoms with Gasteiger partial charge in [0.2, 0.25) is 0 Å². The van der Waals surface area contributed by atoms with E-state index in [-0.39, 0.29) is 24.0 Å². The minimum atomic E-state index is -0.979. The van der Waals surface area contributed by atoms with Crippen LogP contribution in [0.5, 0.6) is 0 Å². The van der Waals surface area contributed by atoms with Gasteiger partial charge in [0.15, 0.2) is 0 Å². The fourth-order valence-corrected chi connectivity index (χ4v) is 2.39. The lowest BCUT2D eigenvalue weighted by Crippen LogP contribution is -2.48. The molecule has 18 heavy (non-hydrogen) atoms. The van der Waals surface area contributed by atoms with Crippen LogP contribution in [0, 0.1) is 0 Å². The van der Waals surface area contributed by atoms with Gasteiger partial charge in [-0.1, -0.05) is 45.0 Å². The third-order valence-corrected chi connectivity index (χ3v) is 3.71. The summed E-state index contributed by atoms with van der Waals surface area (Å²) in [6.07, 6.45) is 0.244. The Bertz CT molecular complexity index is 483. The molecular formula is C15H18O3. The highest BCUT2D eigenvalue weighted by Crippen LogP contribution is 2.42. The van der Waals surface area contributed by atoms with Gasteiger partial charge in [0.05, 0.1) is 0 Å². The number of hydrogen-bond donors (Lipinski definition) is 1.